The smallest absolute Gasteiger partial charge is 0.338 e. The molecule has 0 atom stereocenters. The Morgan fingerprint density at radius 3 is 2.37 bits per heavy atom. The molecule has 0 saturated carbocycles. The summed E-state index contributed by atoms with van der Waals surface area (Å²) >= 11 is 0. The minimum atomic E-state index is -4.35. The van der Waals surface area contributed by atoms with Crippen LogP contribution in [0.2, 0.25) is 0 Å². The number of nitro benzene ring substituents is 1. The number of rotatable bonds is 11. The maximum absolute atomic E-state index is 13.4. The van der Waals surface area contributed by atoms with E-state index in [4.69, 9.17) is 9.15 Å². The van der Waals surface area contributed by atoms with Crippen molar-refractivity contribution in [3.8, 4) is 11.3 Å². The molecule has 4 rings (SSSR count). The molecular formula is C28H24N4O8S. The number of anilines is 1. The van der Waals surface area contributed by atoms with E-state index in [1.54, 1.807) is 49.4 Å². The van der Waals surface area contributed by atoms with Crippen LogP contribution in [-0.4, -0.2) is 44.6 Å². The number of hydrogen-bond donors (Lipinski definition) is 1. The first-order chi connectivity index (χ1) is 19.7. The number of nitrogens with zero attached hydrogens (tertiary/aromatic N) is 3. The molecule has 0 spiro atoms. The quantitative estimate of drug-likeness (QED) is 0.119. The second-order valence-corrected chi connectivity index (χ2v) is 10.2. The Kier molecular flexibility index (Phi) is 8.89. The molecule has 13 heteroatoms. The summed E-state index contributed by atoms with van der Waals surface area (Å²) < 4.78 is 38.2. The zero-order valence-corrected chi connectivity index (χ0v) is 22.5. The average molecular weight is 577 g/mol. The van der Waals surface area contributed by atoms with Gasteiger partial charge in [-0.1, -0.05) is 42.5 Å². The molecule has 0 aliphatic heterocycles. The van der Waals surface area contributed by atoms with Crippen LogP contribution in [-0.2, 0) is 19.6 Å². The summed E-state index contributed by atoms with van der Waals surface area (Å²) in [4.78, 5) is 35.3. The van der Waals surface area contributed by atoms with E-state index in [0.717, 1.165) is 6.07 Å². The molecule has 0 bridgehead atoms. The molecule has 0 fully saturated rings. The third-order valence-corrected chi connectivity index (χ3v) is 7.43. The number of carbonyl (C=O) groups is 2. The minimum Gasteiger partial charge on any atom is -0.462 e. The average Bonchev–Trinajstić information content (AvgIpc) is 3.45. The summed E-state index contributed by atoms with van der Waals surface area (Å²) in [6, 6.07) is 22.4. The van der Waals surface area contributed by atoms with E-state index in [9.17, 15) is 28.1 Å². The van der Waals surface area contributed by atoms with Gasteiger partial charge < -0.3 is 9.15 Å². The lowest BCUT2D eigenvalue weighted by Gasteiger charge is -2.23. The number of hydrogen-bond acceptors (Lipinski definition) is 9. The molecule has 0 unspecified atom stereocenters. The van der Waals surface area contributed by atoms with Gasteiger partial charge in [0.15, 0.2) is 0 Å². The highest BCUT2D eigenvalue weighted by atomic mass is 32.2. The third kappa shape index (κ3) is 6.83. The molecule has 1 N–H and O–H groups in total. The number of esters is 1. The standard InChI is InChI=1S/C28H24N4O8S/c1-2-39-28(34)21-14-12-20(13-15-21)26-17-16-22(40-26)18-29-30-27(33)19-31(24-10-6-7-11-25(24)32(35)36)41(37,38)23-8-4-3-5-9-23/h3-18H,2,19H2,1H3,(H,30,33)/b29-18+. The van der Waals surface area contributed by atoms with Gasteiger partial charge in [0.05, 0.1) is 28.2 Å². The van der Waals surface area contributed by atoms with Crippen LogP contribution in [0.3, 0.4) is 0 Å². The van der Waals surface area contributed by atoms with Crippen molar-refractivity contribution < 1.29 is 32.1 Å². The van der Waals surface area contributed by atoms with Crippen molar-refractivity contribution in [2.45, 2.75) is 11.8 Å². The van der Waals surface area contributed by atoms with Crippen LogP contribution >= 0.6 is 0 Å². The summed E-state index contributed by atoms with van der Waals surface area (Å²) in [7, 11) is -4.35. The molecule has 3 aromatic carbocycles. The van der Waals surface area contributed by atoms with E-state index in [1.165, 1.54) is 48.7 Å². The van der Waals surface area contributed by atoms with Gasteiger partial charge >= 0.3 is 5.97 Å². The first-order valence-electron chi connectivity index (χ1n) is 12.2. The van der Waals surface area contributed by atoms with Crippen molar-refractivity contribution in [2.24, 2.45) is 5.10 Å². The lowest BCUT2D eigenvalue weighted by Crippen LogP contribution is -2.39. The molecule has 4 aromatic rings. The van der Waals surface area contributed by atoms with Crippen molar-refractivity contribution in [1.29, 1.82) is 0 Å². The van der Waals surface area contributed by atoms with Gasteiger partial charge in [0, 0.05) is 11.6 Å². The zero-order valence-electron chi connectivity index (χ0n) is 21.7. The molecule has 1 heterocycles. The van der Waals surface area contributed by atoms with Crippen LogP contribution in [0.1, 0.15) is 23.0 Å². The zero-order chi connectivity index (χ0) is 29.4. The largest absolute Gasteiger partial charge is 0.462 e. The fraction of sp³-hybridized carbons (Fsp3) is 0.107. The first-order valence-corrected chi connectivity index (χ1v) is 13.6. The topological polar surface area (TPSA) is 161 Å². The fourth-order valence-corrected chi connectivity index (χ4v) is 5.20. The third-order valence-electron chi connectivity index (χ3n) is 5.65. The van der Waals surface area contributed by atoms with Crippen molar-refractivity contribution in [3.63, 3.8) is 0 Å². The van der Waals surface area contributed by atoms with E-state index in [-0.39, 0.29) is 22.9 Å². The summed E-state index contributed by atoms with van der Waals surface area (Å²) in [5, 5.41) is 15.4. The molecule has 0 radical (unpaired) electrons. The number of furan rings is 1. The van der Waals surface area contributed by atoms with E-state index in [2.05, 4.69) is 10.5 Å². The Bertz CT molecular complexity index is 1680. The fourth-order valence-electron chi connectivity index (χ4n) is 3.74. The van der Waals surface area contributed by atoms with Crippen LogP contribution in [0.5, 0.6) is 0 Å². The Labute approximate surface area is 235 Å². The SMILES string of the molecule is CCOC(=O)c1ccc(-c2ccc(/C=N/NC(=O)CN(c3ccccc3[N+](=O)[O-])S(=O)(=O)c3ccccc3)o2)cc1. The lowest BCUT2D eigenvalue weighted by atomic mass is 10.1. The molecule has 12 nitrogen and oxygen atoms in total. The highest BCUT2D eigenvalue weighted by Crippen LogP contribution is 2.32. The van der Waals surface area contributed by atoms with Gasteiger partial charge in [0.2, 0.25) is 0 Å². The Hall–Kier alpha value is -5.30. The second-order valence-electron chi connectivity index (χ2n) is 8.36. The van der Waals surface area contributed by atoms with Crippen molar-refractivity contribution in [1.82, 2.24) is 5.43 Å². The van der Waals surface area contributed by atoms with Gasteiger partial charge in [-0.25, -0.2) is 22.9 Å². The highest BCUT2D eigenvalue weighted by molar-refractivity contribution is 7.92. The Balaban J connectivity index is 1.49. The van der Waals surface area contributed by atoms with Crippen LogP contribution in [0.25, 0.3) is 11.3 Å². The molecule has 0 aliphatic carbocycles. The summed E-state index contributed by atoms with van der Waals surface area (Å²) in [6.07, 6.45) is 1.22. The summed E-state index contributed by atoms with van der Waals surface area (Å²) in [5.74, 6) is -0.522. The van der Waals surface area contributed by atoms with E-state index >= 15 is 0 Å². The molecule has 210 valence electrons. The van der Waals surface area contributed by atoms with Crippen molar-refractivity contribution in [3.05, 3.63) is 112 Å². The molecular weight excluding hydrogens is 552 g/mol. The maximum atomic E-state index is 13.4. The van der Waals surface area contributed by atoms with Gasteiger partial charge in [0.1, 0.15) is 23.8 Å². The number of amides is 1. The molecule has 1 amide bonds. The minimum absolute atomic E-state index is 0.146. The summed E-state index contributed by atoms with van der Waals surface area (Å²) in [6.45, 7) is 1.21. The number of carbonyl (C=O) groups excluding carboxylic acids is 2. The van der Waals surface area contributed by atoms with Gasteiger partial charge in [-0.2, -0.15) is 5.10 Å². The van der Waals surface area contributed by atoms with Crippen molar-refractivity contribution >= 4 is 39.5 Å². The van der Waals surface area contributed by atoms with E-state index in [0.29, 0.717) is 21.2 Å². The lowest BCUT2D eigenvalue weighted by molar-refractivity contribution is -0.384. The van der Waals surface area contributed by atoms with E-state index in [1.807, 2.05) is 0 Å². The number of ether oxygens (including phenoxy) is 1. The summed E-state index contributed by atoms with van der Waals surface area (Å²) in [5.41, 5.74) is 2.56. The van der Waals surface area contributed by atoms with Crippen LogP contribution < -0.4 is 9.73 Å². The molecule has 0 aliphatic rings. The Morgan fingerprint density at radius 1 is 1.00 bits per heavy atom. The van der Waals surface area contributed by atoms with Gasteiger partial charge in [-0.3, -0.25) is 14.9 Å². The van der Waals surface area contributed by atoms with Gasteiger partial charge in [-0.15, -0.1) is 0 Å². The van der Waals surface area contributed by atoms with Crippen molar-refractivity contribution in [2.75, 3.05) is 17.5 Å². The number of nitrogens with one attached hydrogen (secondary N) is 1. The second kappa shape index (κ2) is 12.7. The predicted molar refractivity (Wildman–Crippen MR) is 150 cm³/mol. The normalized spacial score (nSPS) is 11.2. The Morgan fingerprint density at radius 2 is 1.68 bits per heavy atom. The number of benzene rings is 3. The van der Waals surface area contributed by atoms with Gasteiger partial charge in [-0.05, 0) is 49.4 Å². The van der Waals surface area contributed by atoms with E-state index < -0.39 is 39.1 Å². The number of sulfonamides is 1. The molecule has 41 heavy (non-hydrogen) atoms. The first kappa shape index (κ1) is 28.7. The van der Waals surface area contributed by atoms with Crippen LogP contribution in [0, 0.1) is 10.1 Å². The van der Waals surface area contributed by atoms with Crippen LogP contribution in [0.15, 0.2) is 105 Å². The number of nitro groups is 1. The van der Waals surface area contributed by atoms with Gasteiger partial charge in [0.25, 0.3) is 21.6 Å². The number of para-hydroxylation sites is 2. The van der Waals surface area contributed by atoms with Crippen LogP contribution in [0.4, 0.5) is 11.4 Å². The number of hydrazone groups is 1. The molecule has 1 aromatic heterocycles. The predicted octanol–water partition coefficient (Wildman–Crippen LogP) is 4.38. The molecule has 0 saturated heterocycles. The highest BCUT2D eigenvalue weighted by Gasteiger charge is 2.31. The monoisotopic (exact) mass is 576 g/mol. The maximum Gasteiger partial charge on any atom is 0.338 e.